The summed E-state index contributed by atoms with van der Waals surface area (Å²) in [4.78, 5) is 0. The molecule has 12 heavy (non-hydrogen) atoms. The lowest BCUT2D eigenvalue weighted by Crippen LogP contribution is -1.83. The quantitative estimate of drug-likeness (QED) is 0.481. The van der Waals surface area contributed by atoms with Crippen molar-refractivity contribution < 1.29 is 0 Å². The van der Waals surface area contributed by atoms with Crippen molar-refractivity contribution in [3.63, 3.8) is 0 Å². The van der Waals surface area contributed by atoms with E-state index in [9.17, 15) is 0 Å². The largest absolute Gasteiger partial charge is 0.323 e. The van der Waals surface area contributed by atoms with Crippen molar-refractivity contribution in [1.82, 2.24) is 4.37 Å². The van der Waals surface area contributed by atoms with Gasteiger partial charge in [0.1, 0.15) is 0 Å². The summed E-state index contributed by atoms with van der Waals surface area (Å²) in [7, 11) is 3.19. The normalized spacial score (nSPS) is 10.9. The Balaban J connectivity index is 2.94. The molecule has 1 aromatic carbocycles. The molecule has 4 heteroatoms. The number of halogens is 1. The number of aromatic nitrogens is 1. The first-order chi connectivity index (χ1) is 5.70. The van der Waals surface area contributed by atoms with E-state index in [1.54, 1.807) is 10.3 Å². The third kappa shape index (κ3) is 1.13. The van der Waals surface area contributed by atoms with Crippen molar-refractivity contribution in [2.75, 3.05) is 0 Å². The van der Waals surface area contributed by atoms with Gasteiger partial charge in [-0.1, -0.05) is 11.6 Å². The molecule has 0 bridgehead atoms. The standard InChI is InChI=1S/C8H7ClNS2/c1-4-5(2)8-7(3-6(4)9)11-12-10-8/h3H,1-2H3/q+1. The molecule has 0 aliphatic carbocycles. The summed E-state index contributed by atoms with van der Waals surface area (Å²) in [6.45, 7) is 4.09. The summed E-state index contributed by atoms with van der Waals surface area (Å²) in [5, 5.41) is 0.844. The number of hydrogen-bond acceptors (Lipinski definition) is 2. The summed E-state index contributed by atoms with van der Waals surface area (Å²) >= 11 is 6.03. The van der Waals surface area contributed by atoms with Crippen LogP contribution in [0.1, 0.15) is 11.1 Å². The Morgan fingerprint density at radius 1 is 1.42 bits per heavy atom. The van der Waals surface area contributed by atoms with Crippen LogP contribution >= 0.6 is 32.5 Å². The lowest BCUT2D eigenvalue weighted by molar-refractivity contribution is 1.36. The van der Waals surface area contributed by atoms with Crippen molar-refractivity contribution in [1.29, 1.82) is 0 Å². The maximum atomic E-state index is 6.03. The zero-order valence-electron chi connectivity index (χ0n) is 6.72. The SMILES string of the molecule is Cc1c(Cl)cc2[s+]snc2c1C. The van der Waals surface area contributed by atoms with Gasteiger partial charge in [-0.15, -0.1) is 4.37 Å². The Labute approximate surface area is 83.2 Å². The molecule has 0 radical (unpaired) electrons. The first-order valence-corrected chi connectivity index (χ1v) is 6.03. The van der Waals surface area contributed by atoms with E-state index in [0.717, 1.165) is 16.1 Å². The lowest BCUT2D eigenvalue weighted by Gasteiger charge is -1.98. The van der Waals surface area contributed by atoms with E-state index in [1.807, 2.05) is 13.0 Å². The summed E-state index contributed by atoms with van der Waals surface area (Å²) < 4.78 is 5.51. The molecule has 1 aromatic heterocycles. The second kappa shape index (κ2) is 2.91. The topological polar surface area (TPSA) is 12.9 Å². The number of hydrogen-bond donors (Lipinski definition) is 0. The second-order valence-corrected chi connectivity index (χ2v) is 5.00. The third-order valence-corrected chi connectivity index (χ3v) is 4.22. The first kappa shape index (κ1) is 8.35. The zero-order valence-corrected chi connectivity index (χ0v) is 9.11. The Hall–Kier alpha value is -0.250. The van der Waals surface area contributed by atoms with E-state index in [0.29, 0.717) is 0 Å². The lowest BCUT2D eigenvalue weighted by atomic mass is 10.1. The third-order valence-electron chi connectivity index (χ3n) is 2.02. The Morgan fingerprint density at radius 2 is 2.17 bits per heavy atom. The highest BCUT2D eigenvalue weighted by molar-refractivity contribution is 7.69. The Bertz CT molecular complexity index is 436. The van der Waals surface area contributed by atoms with E-state index >= 15 is 0 Å². The van der Waals surface area contributed by atoms with Crippen LogP contribution in [0.15, 0.2) is 6.07 Å². The highest BCUT2D eigenvalue weighted by Crippen LogP contribution is 2.31. The predicted molar refractivity (Wildman–Crippen MR) is 56.4 cm³/mol. The van der Waals surface area contributed by atoms with E-state index in [-0.39, 0.29) is 0 Å². The van der Waals surface area contributed by atoms with E-state index in [2.05, 4.69) is 11.3 Å². The molecule has 62 valence electrons. The summed E-state index contributed by atoms with van der Waals surface area (Å²) in [5.41, 5.74) is 3.45. The van der Waals surface area contributed by atoms with Crippen LogP contribution in [-0.4, -0.2) is 4.37 Å². The van der Waals surface area contributed by atoms with E-state index < -0.39 is 0 Å². The van der Waals surface area contributed by atoms with Crippen molar-refractivity contribution in [2.24, 2.45) is 0 Å². The van der Waals surface area contributed by atoms with Gasteiger partial charge in [0, 0.05) is 11.1 Å². The summed E-state index contributed by atoms with van der Waals surface area (Å²) in [5.74, 6) is 0. The average Bonchev–Trinajstić information content (AvgIpc) is 2.48. The molecule has 2 aromatic rings. The molecule has 0 aliphatic heterocycles. The van der Waals surface area contributed by atoms with Crippen LogP contribution in [0.4, 0.5) is 0 Å². The summed E-state index contributed by atoms with van der Waals surface area (Å²) in [6.07, 6.45) is 0. The molecule has 1 heterocycles. The fourth-order valence-corrected chi connectivity index (χ4v) is 3.31. The van der Waals surface area contributed by atoms with Crippen LogP contribution in [0.25, 0.3) is 10.2 Å². The minimum atomic E-state index is 0.844. The monoisotopic (exact) mass is 216 g/mol. The molecular formula is C8H7ClNS2+. The van der Waals surface area contributed by atoms with E-state index in [1.165, 1.54) is 20.8 Å². The maximum absolute atomic E-state index is 6.03. The van der Waals surface area contributed by atoms with Gasteiger partial charge in [0.2, 0.25) is 0 Å². The van der Waals surface area contributed by atoms with Gasteiger partial charge < -0.3 is 0 Å². The van der Waals surface area contributed by atoms with Gasteiger partial charge in [-0.3, -0.25) is 0 Å². The fraction of sp³-hybridized carbons (Fsp3) is 0.250. The molecule has 1 nitrogen and oxygen atoms in total. The smallest absolute Gasteiger partial charge is 0.134 e. The molecule has 0 spiro atoms. The zero-order chi connectivity index (χ0) is 8.72. The molecular weight excluding hydrogens is 210 g/mol. The van der Waals surface area contributed by atoms with Gasteiger partial charge in [-0.05, 0) is 25.0 Å². The minimum Gasteiger partial charge on any atom is -0.134 e. The van der Waals surface area contributed by atoms with Crippen LogP contribution in [0.3, 0.4) is 0 Å². The molecule has 0 fully saturated rings. The first-order valence-electron chi connectivity index (χ1n) is 3.54. The van der Waals surface area contributed by atoms with Gasteiger partial charge >= 0.3 is 10.3 Å². The maximum Gasteiger partial charge on any atom is 0.323 e. The molecule has 0 amide bonds. The van der Waals surface area contributed by atoms with Crippen LogP contribution in [0.2, 0.25) is 5.02 Å². The molecule has 0 aliphatic rings. The second-order valence-electron chi connectivity index (χ2n) is 2.70. The van der Waals surface area contributed by atoms with Crippen molar-refractivity contribution in [3.05, 3.63) is 22.2 Å². The fourth-order valence-electron chi connectivity index (χ4n) is 1.11. The summed E-state index contributed by atoms with van der Waals surface area (Å²) in [6, 6.07) is 1.99. The van der Waals surface area contributed by atoms with Crippen molar-refractivity contribution in [3.8, 4) is 0 Å². The Morgan fingerprint density at radius 3 is 2.92 bits per heavy atom. The predicted octanol–water partition coefficient (Wildman–Crippen LogP) is 3.91. The molecule has 0 saturated heterocycles. The Kier molecular flexibility index (Phi) is 2.02. The average molecular weight is 217 g/mol. The number of fused-ring (bicyclic) bond motifs is 1. The molecule has 0 atom stereocenters. The van der Waals surface area contributed by atoms with Crippen molar-refractivity contribution in [2.45, 2.75) is 13.8 Å². The van der Waals surface area contributed by atoms with Gasteiger partial charge in [0.05, 0.1) is 0 Å². The number of aryl methyl sites for hydroxylation is 1. The van der Waals surface area contributed by atoms with Crippen LogP contribution in [0.5, 0.6) is 0 Å². The van der Waals surface area contributed by atoms with Gasteiger partial charge in [0.15, 0.2) is 5.52 Å². The minimum absolute atomic E-state index is 0.844. The van der Waals surface area contributed by atoms with Crippen LogP contribution in [-0.2, 0) is 0 Å². The van der Waals surface area contributed by atoms with Gasteiger partial charge in [-0.2, -0.15) is 0 Å². The van der Waals surface area contributed by atoms with Gasteiger partial charge in [0.25, 0.3) is 15.2 Å². The number of nitrogens with zero attached hydrogens (tertiary/aromatic N) is 1. The number of benzene rings is 1. The molecule has 0 N–H and O–H groups in total. The van der Waals surface area contributed by atoms with Crippen molar-refractivity contribution >= 4 is 42.7 Å². The van der Waals surface area contributed by atoms with Crippen LogP contribution < -0.4 is 0 Å². The number of rotatable bonds is 0. The molecule has 0 unspecified atom stereocenters. The van der Waals surface area contributed by atoms with Gasteiger partial charge in [-0.25, -0.2) is 0 Å². The highest BCUT2D eigenvalue weighted by atomic mass is 35.5. The molecule has 0 saturated carbocycles. The highest BCUT2D eigenvalue weighted by Gasteiger charge is 2.15. The van der Waals surface area contributed by atoms with E-state index in [4.69, 9.17) is 11.6 Å². The molecule has 2 rings (SSSR count). The van der Waals surface area contributed by atoms with Crippen LogP contribution in [0, 0.1) is 13.8 Å².